The number of nitrogens with zero attached hydrogens (tertiary/aromatic N) is 2. The first-order valence-electron chi connectivity index (χ1n) is 5.01. The van der Waals surface area contributed by atoms with E-state index in [1.807, 2.05) is 24.0 Å². The molecule has 1 rings (SSSR count). The molecule has 0 radical (unpaired) electrons. The van der Waals surface area contributed by atoms with Crippen molar-refractivity contribution in [2.45, 2.75) is 32.2 Å². The molecule has 0 aliphatic rings. The monoisotopic (exact) mass is 193 g/mol. The van der Waals surface area contributed by atoms with E-state index in [2.05, 4.69) is 18.6 Å². The van der Waals surface area contributed by atoms with Crippen molar-refractivity contribution in [3.8, 4) is 0 Å². The molecule has 2 N–H and O–H groups in total. The molecule has 1 unspecified atom stereocenters. The summed E-state index contributed by atoms with van der Waals surface area (Å²) >= 11 is 0. The molecule has 0 amide bonds. The van der Waals surface area contributed by atoms with Crippen LogP contribution in [0.5, 0.6) is 0 Å². The molecule has 3 nitrogen and oxygen atoms in total. The van der Waals surface area contributed by atoms with E-state index in [4.69, 9.17) is 5.73 Å². The molecule has 1 heterocycles. The standard InChI is InChI=1S/C11H19N3/c1-4-5-6-7-11(12)10-8-13-14(3)9(10)2/h4,8,11H,1,5-7,12H2,2-3H3. The third kappa shape index (κ3) is 2.45. The first-order valence-corrected chi connectivity index (χ1v) is 5.01. The van der Waals surface area contributed by atoms with Gasteiger partial charge in [-0.15, -0.1) is 6.58 Å². The molecule has 0 aromatic carbocycles. The number of hydrogen-bond donors (Lipinski definition) is 1. The number of allylic oxidation sites excluding steroid dienone is 1. The zero-order valence-corrected chi connectivity index (χ0v) is 9.03. The van der Waals surface area contributed by atoms with Gasteiger partial charge in [0.15, 0.2) is 0 Å². The van der Waals surface area contributed by atoms with Crippen LogP contribution in [0, 0.1) is 6.92 Å². The third-order valence-corrected chi connectivity index (χ3v) is 2.60. The van der Waals surface area contributed by atoms with Crippen LogP contribution in [0.2, 0.25) is 0 Å². The van der Waals surface area contributed by atoms with Crippen LogP contribution < -0.4 is 5.73 Å². The van der Waals surface area contributed by atoms with Crippen LogP contribution in [-0.2, 0) is 7.05 Å². The molecular formula is C11H19N3. The number of aryl methyl sites for hydroxylation is 1. The second-order valence-corrected chi connectivity index (χ2v) is 3.64. The lowest BCUT2D eigenvalue weighted by Crippen LogP contribution is -2.11. The van der Waals surface area contributed by atoms with Crippen LogP contribution in [0.25, 0.3) is 0 Å². The van der Waals surface area contributed by atoms with Crippen LogP contribution in [0.3, 0.4) is 0 Å². The van der Waals surface area contributed by atoms with E-state index >= 15 is 0 Å². The van der Waals surface area contributed by atoms with Gasteiger partial charge in [0.25, 0.3) is 0 Å². The fourth-order valence-corrected chi connectivity index (χ4v) is 1.52. The molecule has 0 aliphatic carbocycles. The van der Waals surface area contributed by atoms with Crippen LogP contribution >= 0.6 is 0 Å². The maximum absolute atomic E-state index is 6.06. The highest BCUT2D eigenvalue weighted by atomic mass is 15.3. The van der Waals surface area contributed by atoms with Gasteiger partial charge in [0.1, 0.15) is 0 Å². The lowest BCUT2D eigenvalue weighted by molar-refractivity contribution is 0.612. The van der Waals surface area contributed by atoms with Crippen molar-refractivity contribution < 1.29 is 0 Å². The maximum atomic E-state index is 6.06. The summed E-state index contributed by atoms with van der Waals surface area (Å²) in [5.41, 5.74) is 8.39. The van der Waals surface area contributed by atoms with Crippen molar-refractivity contribution in [2.24, 2.45) is 12.8 Å². The summed E-state index contributed by atoms with van der Waals surface area (Å²) < 4.78 is 1.86. The Morgan fingerprint density at radius 2 is 2.43 bits per heavy atom. The largest absolute Gasteiger partial charge is 0.324 e. The van der Waals surface area contributed by atoms with Crippen molar-refractivity contribution in [3.63, 3.8) is 0 Å². The molecule has 1 atom stereocenters. The Labute approximate surface area is 85.6 Å². The summed E-state index contributed by atoms with van der Waals surface area (Å²) in [5, 5.41) is 4.18. The predicted octanol–water partition coefficient (Wildman–Crippen LogP) is 2.08. The Bertz CT molecular complexity index is 301. The van der Waals surface area contributed by atoms with E-state index in [1.54, 1.807) is 0 Å². The molecular weight excluding hydrogens is 174 g/mol. The Balaban J connectivity index is 2.55. The number of unbranched alkanes of at least 4 members (excludes halogenated alkanes) is 1. The van der Waals surface area contributed by atoms with Gasteiger partial charge in [-0.3, -0.25) is 4.68 Å². The van der Waals surface area contributed by atoms with E-state index in [9.17, 15) is 0 Å². The van der Waals surface area contributed by atoms with Crippen molar-refractivity contribution in [3.05, 3.63) is 30.1 Å². The van der Waals surface area contributed by atoms with Gasteiger partial charge < -0.3 is 5.73 Å². The minimum absolute atomic E-state index is 0.114. The molecule has 3 heteroatoms. The fraction of sp³-hybridized carbons (Fsp3) is 0.545. The molecule has 0 aliphatic heterocycles. The highest BCUT2D eigenvalue weighted by Gasteiger charge is 2.11. The lowest BCUT2D eigenvalue weighted by atomic mass is 10.0. The molecule has 0 bridgehead atoms. The second kappa shape index (κ2) is 4.96. The average molecular weight is 193 g/mol. The zero-order valence-electron chi connectivity index (χ0n) is 9.03. The summed E-state index contributed by atoms with van der Waals surface area (Å²) in [4.78, 5) is 0. The summed E-state index contributed by atoms with van der Waals surface area (Å²) in [6.07, 6.45) is 6.93. The van der Waals surface area contributed by atoms with Crippen LogP contribution in [-0.4, -0.2) is 9.78 Å². The highest BCUT2D eigenvalue weighted by molar-refractivity contribution is 5.19. The van der Waals surface area contributed by atoms with E-state index in [0.29, 0.717) is 0 Å². The van der Waals surface area contributed by atoms with Gasteiger partial charge in [-0.25, -0.2) is 0 Å². The number of hydrogen-bond acceptors (Lipinski definition) is 2. The lowest BCUT2D eigenvalue weighted by Gasteiger charge is -2.10. The van der Waals surface area contributed by atoms with Gasteiger partial charge in [-0.2, -0.15) is 5.10 Å². The quantitative estimate of drug-likeness (QED) is 0.574. The van der Waals surface area contributed by atoms with Gasteiger partial charge >= 0.3 is 0 Å². The predicted molar refractivity (Wildman–Crippen MR) is 58.9 cm³/mol. The third-order valence-electron chi connectivity index (χ3n) is 2.60. The number of aromatic nitrogens is 2. The fourth-order valence-electron chi connectivity index (χ4n) is 1.52. The molecule has 0 spiro atoms. The Hall–Kier alpha value is -1.09. The van der Waals surface area contributed by atoms with Gasteiger partial charge in [-0.1, -0.05) is 6.08 Å². The van der Waals surface area contributed by atoms with Gasteiger partial charge in [0, 0.05) is 24.3 Å². The Morgan fingerprint density at radius 1 is 1.71 bits per heavy atom. The van der Waals surface area contributed by atoms with E-state index in [0.717, 1.165) is 30.5 Å². The van der Waals surface area contributed by atoms with Gasteiger partial charge in [0.05, 0.1) is 6.20 Å². The number of rotatable bonds is 5. The summed E-state index contributed by atoms with van der Waals surface area (Å²) in [7, 11) is 1.94. The molecule has 14 heavy (non-hydrogen) atoms. The zero-order chi connectivity index (χ0) is 10.6. The molecule has 0 fully saturated rings. The Morgan fingerprint density at radius 3 is 2.93 bits per heavy atom. The highest BCUT2D eigenvalue weighted by Crippen LogP contribution is 2.19. The van der Waals surface area contributed by atoms with E-state index in [1.165, 1.54) is 0 Å². The maximum Gasteiger partial charge on any atom is 0.0540 e. The smallest absolute Gasteiger partial charge is 0.0540 e. The SMILES string of the molecule is C=CCCCC(N)c1cnn(C)c1C. The van der Waals surface area contributed by atoms with Gasteiger partial charge in [-0.05, 0) is 26.2 Å². The molecule has 0 saturated carbocycles. The van der Waals surface area contributed by atoms with Crippen molar-refractivity contribution in [2.75, 3.05) is 0 Å². The van der Waals surface area contributed by atoms with Crippen molar-refractivity contribution in [1.82, 2.24) is 9.78 Å². The normalized spacial score (nSPS) is 12.8. The average Bonchev–Trinajstić information content (AvgIpc) is 2.48. The topological polar surface area (TPSA) is 43.8 Å². The first-order chi connectivity index (χ1) is 6.66. The minimum atomic E-state index is 0.114. The van der Waals surface area contributed by atoms with E-state index < -0.39 is 0 Å². The Kier molecular flexibility index (Phi) is 3.89. The van der Waals surface area contributed by atoms with Crippen LogP contribution in [0.4, 0.5) is 0 Å². The van der Waals surface area contributed by atoms with Crippen molar-refractivity contribution >= 4 is 0 Å². The van der Waals surface area contributed by atoms with Gasteiger partial charge in [0.2, 0.25) is 0 Å². The van der Waals surface area contributed by atoms with E-state index in [-0.39, 0.29) is 6.04 Å². The van der Waals surface area contributed by atoms with Crippen molar-refractivity contribution in [1.29, 1.82) is 0 Å². The number of nitrogens with two attached hydrogens (primary N) is 1. The second-order valence-electron chi connectivity index (χ2n) is 3.64. The molecule has 1 aromatic heterocycles. The summed E-state index contributed by atoms with van der Waals surface area (Å²) in [6, 6.07) is 0.114. The summed E-state index contributed by atoms with van der Waals surface area (Å²) in [5.74, 6) is 0. The minimum Gasteiger partial charge on any atom is -0.324 e. The van der Waals surface area contributed by atoms with Crippen LogP contribution in [0.15, 0.2) is 18.9 Å². The molecule has 1 aromatic rings. The molecule has 78 valence electrons. The molecule has 0 saturated heterocycles. The summed E-state index contributed by atoms with van der Waals surface area (Å²) in [6.45, 7) is 5.75. The first kappa shape index (κ1) is 11.0. The van der Waals surface area contributed by atoms with Crippen LogP contribution in [0.1, 0.15) is 36.6 Å².